The monoisotopic (exact) mass is 202 g/mol. The van der Waals surface area contributed by atoms with Crippen molar-refractivity contribution in [3.63, 3.8) is 0 Å². The number of ether oxygens (including phenoxy) is 1. The highest BCUT2D eigenvalue weighted by molar-refractivity contribution is 5.89. The average Bonchev–Trinajstić information content (AvgIpc) is 2.15. The fraction of sp³-hybridized carbons (Fsp3) is 0.778. The maximum atomic E-state index is 11.3. The van der Waals surface area contributed by atoms with Crippen molar-refractivity contribution in [2.45, 2.75) is 32.9 Å². The Morgan fingerprint density at radius 1 is 1.57 bits per heavy atom. The minimum Gasteiger partial charge on any atom is -0.453 e. The summed E-state index contributed by atoms with van der Waals surface area (Å²) < 4.78 is 4.41. The van der Waals surface area contributed by atoms with Crippen molar-refractivity contribution >= 4 is 11.9 Å². The molecule has 82 valence electrons. The van der Waals surface area contributed by atoms with Gasteiger partial charge in [-0.2, -0.15) is 0 Å². The van der Waals surface area contributed by atoms with Gasteiger partial charge in [0.15, 0.2) is 11.4 Å². The molecule has 0 saturated heterocycles. The summed E-state index contributed by atoms with van der Waals surface area (Å²) in [7, 11) is 1.23. The molecular weight excluding hydrogens is 184 g/mol. The summed E-state index contributed by atoms with van der Waals surface area (Å²) in [6.07, 6.45) is 0.00285. The molecular formula is C9H18N2O3. The summed E-state index contributed by atoms with van der Waals surface area (Å²) >= 11 is 0. The highest BCUT2D eigenvalue weighted by Crippen LogP contribution is 2.16. The van der Waals surface area contributed by atoms with Crippen LogP contribution in [-0.2, 0) is 9.53 Å². The Hall–Kier alpha value is -1.10. The van der Waals surface area contributed by atoms with Crippen LogP contribution in [0.1, 0.15) is 27.2 Å². The molecule has 0 bridgehead atoms. The van der Waals surface area contributed by atoms with Gasteiger partial charge in [-0.1, -0.05) is 13.8 Å². The molecule has 0 aromatic heterocycles. The second kappa shape index (κ2) is 4.95. The second-order valence-electron chi connectivity index (χ2n) is 3.35. The summed E-state index contributed by atoms with van der Waals surface area (Å²) in [5.41, 5.74) is 4.48. The van der Waals surface area contributed by atoms with Crippen LogP contribution >= 0.6 is 0 Å². The molecule has 3 N–H and O–H groups in total. The summed E-state index contributed by atoms with van der Waals surface area (Å²) in [5, 5.41) is 2.36. The second-order valence-corrected chi connectivity index (χ2v) is 3.35. The van der Waals surface area contributed by atoms with E-state index in [2.05, 4.69) is 10.1 Å². The van der Waals surface area contributed by atoms with E-state index in [4.69, 9.17) is 5.73 Å². The van der Waals surface area contributed by atoms with Crippen LogP contribution in [0.15, 0.2) is 0 Å². The number of nitrogens with two attached hydrogens (primary N) is 1. The molecule has 0 aromatic carbocycles. The number of alkyl carbamates (subject to hydrolysis) is 1. The fourth-order valence-electron chi connectivity index (χ4n) is 1.10. The molecule has 14 heavy (non-hydrogen) atoms. The van der Waals surface area contributed by atoms with Crippen molar-refractivity contribution in [1.82, 2.24) is 5.32 Å². The molecule has 0 heterocycles. The van der Waals surface area contributed by atoms with Gasteiger partial charge in [0.05, 0.1) is 7.11 Å². The Labute approximate surface area is 84.0 Å². The van der Waals surface area contributed by atoms with E-state index in [9.17, 15) is 9.59 Å². The first-order valence-corrected chi connectivity index (χ1v) is 4.54. The molecule has 0 radical (unpaired) electrons. The van der Waals surface area contributed by atoms with Crippen LogP contribution < -0.4 is 11.1 Å². The molecule has 0 spiro atoms. The third-order valence-corrected chi connectivity index (χ3v) is 2.47. The number of ketones is 1. The Kier molecular flexibility index (Phi) is 4.56. The number of carbonyl (C=O) groups is 2. The molecule has 0 aliphatic carbocycles. The van der Waals surface area contributed by atoms with Gasteiger partial charge in [0.1, 0.15) is 0 Å². The van der Waals surface area contributed by atoms with Gasteiger partial charge in [0, 0.05) is 0 Å². The highest BCUT2D eigenvalue weighted by atomic mass is 16.5. The number of hydrogen-bond acceptors (Lipinski definition) is 4. The van der Waals surface area contributed by atoms with Crippen LogP contribution in [0.5, 0.6) is 0 Å². The molecule has 0 fully saturated rings. The van der Waals surface area contributed by atoms with Gasteiger partial charge in [0.2, 0.25) is 0 Å². The van der Waals surface area contributed by atoms with Crippen LogP contribution in [0.2, 0.25) is 0 Å². The topological polar surface area (TPSA) is 81.4 Å². The molecule has 1 unspecified atom stereocenters. The fourth-order valence-corrected chi connectivity index (χ4v) is 1.10. The summed E-state index contributed by atoms with van der Waals surface area (Å²) in [6.45, 7) is 5.05. The molecule has 0 aromatic rings. The SMILES string of the molecule is CCC(C)[C@](N)(NC(=O)OC)C(C)=O. The number of amides is 1. The third kappa shape index (κ3) is 2.70. The maximum Gasteiger partial charge on any atom is 0.408 e. The number of nitrogens with one attached hydrogen (secondary N) is 1. The van der Waals surface area contributed by atoms with Gasteiger partial charge in [-0.3, -0.25) is 10.1 Å². The standard InChI is InChI=1S/C9H18N2O3/c1-5-6(2)9(10,7(3)12)11-8(13)14-4/h6H,5,10H2,1-4H3,(H,11,13)/t6?,9-/m0/s1. The summed E-state index contributed by atoms with van der Waals surface area (Å²) in [4.78, 5) is 22.3. The minimum atomic E-state index is -1.33. The molecule has 5 heteroatoms. The third-order valence-electron chi connectivity index (χ3n) is 2.47. The number of methoxy groups -OCH3 is 1. The highest BCUT2D eigenvalue weighted by Gasteiger charge is 2.37. The first-order valence-electron chi connectivity index (χ1n) is 4.54. The number of Topliss-reactive ketones (excluding diaryl/α,β-unsaturated/α-hetero) is 1. The van der Waals surface area contributed by atoms with Crippen molar-refractivity contribution < 1.29 is 14.3 Å². The van der Waals surface area contributed by atoms with Gasteiger partial charge in [-0.25, -0.2) is 4.79 Å². The van der Waals surface area contributed by atoms with Gasteiger partial charge < -0.3 is 10.5 Å². The van der Waals surface area contributed by atoms with E-state index < -0.39 is 11.8 Å². The lowest BCUT2D eigenvalue weighted by molar-refractivity contribution is -0.125. The van der Waals surface area contributed by atoms with E-state index in [1.807, 2.05) is 6.92 Å². The van der Waals surface area contributed by atoms with Crippen LogP contribution in [0, 0.1) is 5.92 Å². The Morgan fingerprint density at radius 2 is 2.07 bits per heavy atom. The zero-order valence-corrected chi connectivity index (χ0v) is 9.09. The molecule has 0 rings (SSSR count). The van der Waals surface area contributed by atoms with Crippen LogP contribution in [0.3, 0.4) is 0 Å². The molecule has 0 saturated carbocycles. The lowest BCUT2D eigenvalue weighted by atomic mass is 9.89. The molecule has 0 aliphatic heterocycles. The minimum absolute atomic E-state index is 0.140. The van der Waals surface area contributed by atoms with Crippen LogP contribution in [-0.4, -0.2) is 24.6 Å². The van der Waals surface area contributed by atoms with E-state index >= 15 is 0 Å². The van der Waals surface area contributed by atoms with Crippen LogP contribution in [0.25, 0.3) is 0 Å². The smallest absolute Gasteiger partial charge is 0.408 e. The summed E-state index contributed by atoms with van der Waals surface area (Å²) in [6, 6.07) is 0. The molecule has 5 nitrogen and oxygen atoms in total. The zero-order chi connectivity index (χ0) is 11.4. The number of carbonyl (C=O) groups excluding carboxylic acids is 2. The lowest BCUT2D eigenvalue weighted by Crippen LogP contribution is -2.64. The normalized spacial score (nSPS) is 16.6. The maximum absolute atomic E-state index is 11.3. The first kappa shape index (κ1) is 12.9. The zero-order valence-electron chi connectivity index (χ0n) is 9.09. The van der Waals surface area contributed by atoms with Crippen molar-refractivity contribution in [2.24, 2.45) is 11.7 Å². The van der Waals surface area contributed by atoms with Gasteiger partial charge in [-0.15, -0.1) is 0 Å². The van der Waals surface area contributed by atoms with Crippen LogP contribution in [0.4, 0.5) is 4.79 Å². The predicted molar refractivity (Wildman–Crippen MR) is 52.6 cm³/mol. The molecule has 1 amide bonds. The molecule has 2 atom stereocenters. The van der Waals surface area contributed by atoms with E-state index in [-0.39, 0.29) is 11.7 Å². The largest absolute Gasteiger partial charge is 0.453 e. The van der Waals surface area contributed by atoms with Crippen molar-refractivity contribution in [3.8, 4) is 0 Å². The number of rotatable bonds is 4. The van der Waals surface area contributed by atoms with Crippen molar-refractivity contribution in [2.75, 3.05) is 7.11 Å². The van der Waals surface area contributed by atoms with E-state index in [1.54, 1.807) is 6.92 Å². The Balaban J connectivity index is 4.72. The number of hydrogen-bond donors (Lipinski definition) is 2. The predicted octanol–water partition coefficient (Wildman–Crippen LogP) is 0.633. The van der Waals surface area contributed by atoms with Gasteiger partial charge >= 0.3 is 6.09 Å². The van der Waals surface area contributed by atoms with E-state index in [0.717, 1.165) is 0 Å². The average molecular weight is 202 g/mol. The van der Waals surface area contributed by atoms with Crippen molar-refractivity contribution in [1.29, 1.82) is 0 Å². The Morgan fingerprint density at radius 3 is 2.36 bits per heavy atom. The van der Waals surface area contributed by atoms with Gasteiger partial charge in [0.25, 0.3) is 0 Å². The first-order chi connectivity index (χ1) is 6.38. The van der Waals surface area contributed by atoms with E-state index in [0.29, 0.717) is 6.42 Å². The van der Waals surface area contributed by atoms with Gasteiger partial charge in [-0.05, 0) is 19.3 Å². The van der Waals surface area contributed by atoms with E-state index in [1.165, 1.54) is 14.0 Å². The van der Waals surface area contributed by atoms with Crippen molar-refractivity contribution in [3.05, 3.63) is 0 Å². The molecule has 0 aliphatic rings. The summed E-state index contributed by atoms with van der Waals surface area (Å²) in [5.74, 6) is -0.420. The lowest BCUT2D eigenvalue weighted by Gasteiger charge is -2.32. The Bertz CT molecular complexity index is 230. The quantitative estimate of drug-likeness (QED) is 0.655.